The number of rotatable bonds is 6. The van der Waals surface area contributed by atoms with E-state index >= 15 is 0 Å². The smallest absolute Gasteiger partial charge is 0.362 e. The lowest BCUT2D eigenvalue weighted by Crippen LogP contribution is -2.26. The van der Waals surface area contributed by atoms with Crippen molar-refractivity contribution in [1.29, 1.82) is 0 Å². The minimum atomic E-state index is -1.98. The summed E-state index contributed by atoms with van der Waals surface area (Å²) in [4.78, 5) is 0. The summed E-state index contributed by atoms with van der Waals surface area (Å²) >= 11 is 0. The molecular formula is C12H18O3P+. The van der Waals surface area contributed by atoms with E-state index in [1.165, 1.54) is 0 Å². The molecule has 0 saturated heterocycles. The van der Waals surface area contributed by atoms with Crippen molar-refractivity contribution >= 4 is 13.3 Å². The normalized spacial score (nSPS) is 15.6. The Hall–Kier alpha value is -0.760. The molecule has 0 aromatic heterocycles. The third-order valence-corrected chi connectivity index (χ3v) is 3.52. The molecule has 0 fully saturated rings. The second-order valence-electron chi connectivity index (χ2n) is 3.96. The number of aliphatic hydroxyl groups is 1. The predicted octanol–water partition coefficient (Wildman–Crippen LogP) is 2.97. The molecule has 0 radical (unpaired) electrons. The van der Waals surface area contributed by atoms with Crippen LogP contribution in [0.15, 0.2) is 30.3 Å². The van der Waals surface area contributed by atoms with E-state index in [2.05, 4.69) is 0 Å². The quantitative estimate of drug-likeness (QED) is 0.615. The van der Waals surface area contributed by atoms with Crippen LogP contribution in [0.25, 0.3) is 0 Å². The van der Waals surface area contributed by atoms with Crippen molar-refractivity contribution in [3.63, 3.8) is 0 Å². The number of hydrogen-bond acceptors (Lipinski definition) is 3. The summed E-state index contributed by atoms with van der Waals surface area (Å²) in [6, 6.07) is 8.91. The molecule has 3 nitrogen and oxygen atoms in total. The average Bonchev–Trinajstić information content (AvgIpc) is 2.27. The molecular weight excluding hydrogens is 223 g/mol. The van der Waals surface area contributed by atoms with Gasteiger partial charge in [-0.3, -0.25) is 0 Å². The van der Waals surface area contributed by atoms with Gasteiger partial charge in [-0.2, -0.15) is 0 Å². The van der Waals surface area contributed by atoms with Crippen LogP contribution in [0.1, 0.15) is 33.1 Å². The Labute approximate surface area is 97.3 Å². The van der Waals surface area contributed by atoms with Gasteiger partial charge in [0.25, 0.3) is 0 Å². The lowest BCUT2D eigenvalue weighted by Gasteiger charge is -2.15. The zero-order valence-corrected chi connectivity index (χ0v) is 10.6. The Morgan fingerprint density at radius 1 is 1.38 bits per heavy atom. The Kier molecular flexibility index (Phi) is 5.07. The van der Waals surface area contributed by atoms with Gasteiger partial charge >= 0.3 is 8.03 Å². The first-order valence-electron chi connectivity index (χ1n) is 5.49. The molecule has 2 atom stereocenters. The van der Waals surface area contributed by atoms with Crippen molar-refractivity contribution in [3.05, 3.63) is 30.3 Å². The summed E-state index contributed by atoms with van der Waals surface area (Å²) in [5.74, 6) is -1.31. The van der Waals surface area contributed by atoms with Crippen molar-refractivity contribution in [3.8, 4) is 0 Å². The fourth-order valence-corrected chi connectivity index (χ4v) is 2.30. The highest BCUT2D eigenvalue weighted by molar-refractivity contribution is 7.48. The van der Waals surface area contributed by atoms with Gasteiger partial charge < -0.3 is 5.11 Å². The first kappa shape index (κ1) is 13.3. The molecule has 0 bridgehead atoms. The maximum absolute atomic E-state index is 11.8. The van der Waals surface area contributed by atoms with E-state index in [1.807, 2.05) is 13.0 Å². The van der Waals surface area contributed by atoms with Crippen LogP contribution in [0.3, 0.4) is 0 Å². The molecule has 1 aromatic carbocycles. The first-order chi connectivity index (χ1) is 7.55. The standard InChI is InChI=1S/C12H18O3P/c1-3-4-10-12(2,13)15-16(14)11-8-6-5-7-9-11/h5-9,13H,3-4,10H2,1-2H3/q+1. The molecule has 0 saturated carbocycles. The minimum Gasteiger partial charge on any atom is -0.362 e. The van der Waals surface area contributed by atoms with Crippen molar-refractivity contribution in [1.82, 2.24) is 0 Å². The van der Waals surface area contributed by atoms with Gasteiger partial charge in [0.15, 0.2) is 0 Å². The Morgan fingerprint density at radius 2 is 2.00 bits per heavy atom. The summed E-state index contributed by atoms with van der Waals surface area (Å²) < 4.78 is 17.0. The molecule has 0 spiro atoms. The van der Waals surface area contributed by atoms with Crippen molar-refractivity contribution < 1.29 is 14.2 Å². The summed E-state index contributed by atoms with van der Waals surface area (Å²) in [7, 11) is -1.98. The van der Waals surface area contributed by atoms with Crippen LogP contribution in [0.5, 0.6) is 0 Å². The van der Waals surface area contributed by atoms with Gasteiger partial charge in [0.05, 0.1) is 0 Å². The molecule has 1 aromatic rings. The maximum Gasteiger partial charge on any atom is 0.551 e. The number of hydrogen-bond donors (Lipinski definition) is 1. The lowest BCUT2D eigenvalue weighted by atomic mass is 10.1. The second-order valence-corrected chi connectivity index (χ2v) is 5.18. The highest BCUT2D eigenvalue weighted by Crippen LogP contribution is 2.30. The monoisotopic (exact) mass is 241 g/mol. The van der Waals surface area contributed by atoms with Gasteiger partial charge in [0.1, 0.15) is 0 Å². The van der Waals surface area contributed by atoms with Crippen LogP contribution in [-0.2, 0) is 9.09 Å². The van der Waals surface area contributed by atoms with Crippen molar-refractivity contribution in [2.45, 2.75) is 38.9 Å². The van der Waals surface area contributed by atoms with E-state index < -0.39 is 13.8 Å². The van der Waals surface area contributed by atoms with Crippen LogP contribution in [0, 0.1) is 0 Å². The number of unbranched alkanes of at least 4 members (excludes halogenated alkanes) is 1. The molecule has 0 aliphatic carbocycles. The molecule has 0 aliphatic heterocycles. The Morgan fingerprint density at radius 3 is 2.56 bits per heavy atom. The van der Waals surface area contributed by atoms with Crippen LogP contribution >= 0.6 is 8.03 Å². The molecule has 0 aliphatic rings. The molecule has 16 heavy (non-hydrogen) atoms. The van der Waals surface area contributed by atoms with E-state index in [0.29, 0.717) is 11.7 Å². The average molecular weight is 241 g/mol. The zero-order chi connectivity index (χ0) is 12.0. The predicted molar refractivity (Wildman–Crippen MR) is 64.9 cm³/mol. The SMILES string of the molecule is CCCCC(C)(O)O[P+](=O)c1ccccc1. The molecule has 0 heterocycles. The van der Waals surface area contributed by atoms with E-state index in [1.54, 1.807) is 31.2 Å². The van der Waals surface area contributed by atoms with Crippen molar-refractivity contribution in [2.75, 3.05) is 0 Å². The van der Waals surface area contributed by atoms with Crippen LogP contribution in [-0.4, -0.2) is 10.9 Å². The minimum absolute atomic E-state index is 0.497. The molecule has 0 amide bonds. The fourth-order valence-electron chi connectivity index (χ4n) is 1.33. The van der Waals surface area contributed by atoms with Crippen LogP contribution < -0.4 is 5.30 Å². The summed E-state index contributed by atoms with van der Waals surface area (Å²) in [5.41, 5.74) is 0. The van der Waals surface area contributed by atoms with E-state index in [-0.39, 0.29) is 0 Å². The second kappa shape index (κ2) is 6.09. The summed E-state index contributed by atoms with van der Waals surface area (Å²) in [6.07, 6.45) is 2.32. The maximum atomic E-state index is 11.8. The van der Waals surface area contributed by atoms with E-state index in [4.69, 9.17) is 4.52 Å². The van der Waals surface area contributed by atoms with E-state index in [9.17, 15) is 9.67 Å². The fraction of sp³-hybridized carbons (Fsp3) is 0.500. The van der Waals surface area contributed by atoms with Gasteiger partial charge in [0.2, 0.25) is 11.1 Å². The third kappa shape index (κ3) is 4.40. The number of benzene rings is 1. The van der Waals surface area contributed by atoms with Crippen LogP contribution in [0.4, 0.5) is 0 Å². The molecule has 4 heteroatoms. The van der Waals surface area contributed by atoms with Gasteiger partial charge in [-0.05, 0) is 30.0 Å². The topological polar surface area (TPSA) is 46.5 Å². The molecule has 1 N–H and O–H groups in total. The molecule has 2 unspecified atom stereocenters. The Balaban J connectivity index is 2.57. The van der Waals surface area contributed by atoms with Gasteiger partial charge in [-0.25, -0.2) is 0 Å². The molecule has 88 valence electrons. The Bertz CT molecular complexity index is 335. The highest BCUT2D eigenvalue weighted by Gasteiger charge is 2.34. The third-order valence-electron chi connectivity index (χ3n) is 2.24. The zero-order valence-electron chi connectivity index (χ0n) is 9.72. The summed E-state index contributed by atoms with van der Waals surface area (Å²) in [5, 5.41) is 10.5. The molecule has 1 rings (SSSR count). The van der Waals surface area contributed by atoms with Gasteiger partial charge in [-0.1, -0.05) is 31.5 Å². The van der Waals surface area contributed by atoms with Crippen LogP contribution in [0.2, 0.25) is 0 Å². The largest absolute Gasteiger partial charge is 0.551 e. The summed E-state index contributed by atoms with van der Waals surface area (Å²) in [6.45, 7) is 3.59. The van der Waals surface area contributed by atoms with E-state index in [0.717, 1.165) is 12.8 Å². The first-order valence-corrected chi connectivity index (χ1v) is 6.67. The van der Waals surface area contributed by atoms with Crippen molar-refractivity contribution in [2.24, 2.45) is 0 Å². The highest BCUT2D eigenvalue weighted by atomic mass is 31.1. The van der Waals surface area contributed by atoms with Gasteiger partial charge in [-0.15, -0.1) is 4.52 Å². The lowest BCUT2D eigenvalue weighted by molar-refractivity contribution is -0.122. The van der Waals surface area contributed by atoms with Gasteiger partial charge in [0, 0.05) is 6.42 Å².